The van der Waals surface area contributed by atoms with E-state index in [0.29, 0.717) is 13.2 Å². The molecule has 0 bridgehead atoms. The summed E-state index contributed by atoms with van der Waals surface area (Å²) in [7, 11) is 1.64. The molecule has 0 aliphatic rings. The number of rotatable bonds is 5. The summed E-state index contributed by atoms with van der Waals surface area (Å²) in [5, 5.41) is 16.6. The Morgan fingerprint density at radius 3 is 2.94 bits per heavy atom. The van der Waals surface area contributed by atoms with Crippen molar-refractivity contribution in [2.24, 2.45) is 0 Å². The van der Waals surface area contributed by atoms with Crippen LogP contribution >= 0.6 is 43.2 Å². The molecule has 2 heterocycles. The Bertz CT molecular complexity index is 527. The first-order valence-corrected chi connectivity index (χ1v) is 7.72. The third-order valence-electron chi connectivity index (χ3n) is 2.46. The predicted molar refractivity (Wildman–Crippen MR) is 77.9 cm³/mol. The number of aliphatic hydroxyl groups is 1. The molecule has 0 aliphatic heterocycles. The molecule has 0 spiro atoms. The normalized spacial score (nSPS) is 12.9. The molecule has 2 aromatic heterocycles. The molecule has 4 nitrogen and oxygen atoms in total. The lowest BCUT2D eigenvalue weighted by molar-refractivity contribution is 0.172. The summed E-state index contributed by atoms with van der Waals surface area (Å²) in [6.07, 6.45) is 1.01. The minimum absolute atomic E-state index is 0.558. The van der Waals surface area contributed by atoms with Crippen LogP contribution < -0.4 is 0 Å². The minimum atomic E-state index is -0.685. The second-order valence-corrected chi connectivity index (χ2v) is 6.38. The fraction of sp³-hybridized carbons (Fsp3) is 0.364. The monoisotopic (exact) mass is 394 g/mol. The maximum atomic E-state index is 10.4. The van der Waals surface area contributed by atoms with Gasteiger partial charge in [0.1, 0.15) is 6.10 Å². The van der Waals surface area contributed by atoms with Crippen molar-refractivity contribution in [3.8, 4) is 0 Å². The smallest absolute Gasteiger partial charge is 0.131 e. The van der Waals surface area contributed by atoms with Gasteiger partial charge in [0.15, 0.2) is 0 Å². The molecule has 0 saturated carbocycles. The highest BCUT2D eigenvalue weighted by Crippen LogP contribution is 2.33. The fourth-order valence-corrected chi connectivity index (χ4v) is 3.55. The number of thiophene rings is 1. The van der Waals surface area contributed by atoms with E-state index in [1.807, 2.05) is 11.4 Å². The second kappa shape index (κ2) is 6.29. The molecule has 0 aliphatic carbocycles. The molecule has 18 heavy (non-hydrogen) atoms. The van der Waals surface area contributed by atoms with Gasteiger partial charge in [-0.15, -0.1) is 11.3 Å². The average Bonchev–Trinajstić information content (AvgIpc) is 2.92. The van der Waals surface area contributed by atoms with Crippen LogP contribution in [0.1, 0.15) is 16.7 Å². The first-order valence-electron chi connectivity index (χ1n) is 5.25. The zero-order valence-electron chi connectivity index (χ0n) is 9.64. The lowest BCUT2D eigenvalue weighted by Gasteiger charge is -2.12. The van der Waals surface area contributed by atoms with E-state index in [-0.39, 0.29) is 0 Å². The van der Waals surface area contributed by atoms with Crippen molar-refractivity contribution < 1.29 is 9.84 Å². The number of halogens is 2. The van der Waals surface area contributed by atoms with Crippen molar-refractivity contribution in [2.45, 2.75) is 12.6 Å². The topological polar surface area (TPSA) is 47.3 Å². The van der Waals surface area contributed by atoms with Gasteiger partial charge < -0.3 is 9.84 Å². The van der Waals surface area contributed by atoms with E-state index in [2.05, 4.69) is 37.0 Å². The number of aliphatic hydroxyl groups excluding tert-OH is 1. The lowest BCUT2D eigenvalue weighted by Crippen LogP contribution is -2.13. The summed E-state index contributed by atoms with van der Waals surface area (Å²) in [6.45, 7) is 1.17. The van der Waals surface area contributed by atoms with Gasteiger partial charge in [0.2, 0.25) is 0 Å². The number of nitrogens with zero attached hydrogens (tertiary/aromatic N) is 2. The molecule has 1 N–H and O–H groups in total. The summed E-state index contributed by atoms with van der Waals surface area (Å²) in [5.41, 5.74) is 0.751. The number of ether oxygens (including phenoxy) is 1. The zero-order valence-corrected chi connectivity index (χ0v) is 13.6. The van der Waals surface area contributed by atoms with Crippen molar-refractivity contribution in [1.82, 2.24) is 9.78 Å². The van der Waals surface area contributed by atoms with E-state index < -0.39 is 6.10 Å². The van der Waals surface area contributed by atoms with Crippen LogP contribution in [-0.2, 0) is 11.3 Å². The van der Waals surface area contributed by atoms with Crippen molar-refractivity contribution in [3.05, 3.63) is 37.2 Å². The molecule has 2 aromatic rings. The van der Waals surface area contributed by atoms with Crippen molar-refractivity contribution in [3.63, 3.8) is 0 Å². The lowest BCUT2D eigenvalue weighted by atomic mass is 10.2. The van der Waals surface area contributed by atoms with E-state index in [1.54, 1.807) is 18.0 Å². The molecule has 0 aromatic carbocycles. The summed E-state index contributed by atoms with van der Waals surface area (Å²) in [5.74, 6) is 0. The molecule has 0 radical (unpaired) electrons. The summed E-state index contributed by atoms with van der Waals surface area (Å²) >= 11 is 8.32. The Kier molecular flexibility index (Phi) is 4.97. The summed E-state index contributed by atoms with van der Waals surface area (Å²) in [6, 6.07) is 1.91. The Balaban J connectivity index is 2.28. The first-order chi connectivity index (χ1) is 8.63. The standard InChI is InChI=1S/C11H12Br2N2O2S/c1-17-3-2-15-10(8(13)5-14-15)11(16)9-4-7(12)6-18-9/h4-6,11,16H,2-3H2,1H3. The van der Waals surface area contributed by atoms with E-state index >= 15 is 0 Å². The molecule has 0 saturated heterocycles. The van der Waals surface area contributed by atoms with E-state index in [0.717, 1.165) is 19.5 Å². The highest BCUT2D eigenvalue weighted by Gasteiger charge is 2.20. The molecular weight excluding hydrogens is 384 g/mol. The zero-order chi connectivity index (χ0) is 13.1. The minimum Gasteiger partial charge on any atom is -0.383 e. The Morgan fingerprint density at radius 2 is 2.33 bits per heavy atom. The van der Waals surface area contributed by atoms with Gasteiger partial charge in [0.05, 0.1) is 29.5 Å². The molecule has 7 heteroatoms. The van der Waals surface area contributed by atoms with Gasteiger partial charge >= 0.3 is 0 Å². The third-order valence-corrected chi connectivity index (χ3v) is 4.81. The molecule has 1 unspecified atom stereocenters. The van der Waals surface area contributed by atoms with Crippen LogP contribution in [0.25, 0.3) is 0 Å². The van der Waals surface area contributed by atoms with Gasteiger partial charge in [-0.25, -0.2) is 0 Å². The van der Waals surface area contributed by atoms with Crippen LogP contribution in [0.5, 0.6) is 0 Å². The van der Waals surface area contributed by atoms with Crippen LogP contribution in [0.2, 0.25) is 0 Å². The Labute approximate surface area is 126 Å². The second-order valence-electron chi connectivity index (χ2n) is 3.66. The molecule has 2 rings (SSSR count). The largest absolute Gasteiger partial charge is 0.383 e. The van der Waals surface area contributed by atoms with E-state index in [4.69, 9.17) is 4.74 Å². The number of methoxy groups -OCH3 is 1. The first kappa shape index (κ1) is 14.2. The van der Waals surface area contributed by atoms with Gasteiger partial charge in [-0.1, -0.05) is 0 Å². The molecular formula is C11H12Br2N2O2S. The molecule has 0 amide bonds. The predicted octanol–water partition coefficient (Wildman–Crippen LogP) is 3.20. The van der Waals surface area contributed by atoms with Crippen molar-refractivity contribution >= 4 is 43.2 Å². The van der Waals surface area contributed by atoms with Crippen LogP contribution in [0.15, 0.2) is 26.6 Å². The van der Waals surface area contributed by atoms with E-state index in [9.17, 15) is 5.11 Å². The van der Waals surface area contributed by atoms with Crippen molar-refractivity contribution in [1.29, 1.82) is 0 Å². The van der Waals surface area contributed by atoms with Crippen LogP contribution in [-0.4, -0.2) is 28.6 Å². The van der Waals surface area contributed by atoms with Gasteiger partial charge in [-0.2, -0.15) is 5.10 Å². The summed E-state index contributed by atoms with van der Waals surface area (Å²) < 4.78 is 8.57. The quantitative estimate of drug-likeness (QED) is 0.845. The number of aromatic nitrogens is 2. The number of hydrogen-bond acceptors (Lipinski definition) is 4. The van der Waals surface area contributed by atoms with E-state index in [1.165, 1.54) is 11.3 Å². The van der Waals surface area contributed by atoms with Gasteiger partial charge in [0, 0.05) is 21.8 Å². The average molecular weight is 396 g/mol. The molecule has 0 fully saturated rings. The van der Waals surface area contributed by atoms with Crippen LogP contribution in [0, 0.1) is 0 Å². The Hall–Kier alpha value is -0.210. The maximum absolute atomic E-state index is 10.4. The highest BCUT2D eigenvalue weighted by molar-refractivity contribution is 9.10. The van der Waals surface area contributed by atoms with Crippen LogP contribution in [0.4, 0.5) is 0 Å². The number of hydrogen-bond donors (Lipinski definition) is 1. The SMILES string of the molecule is COCCn1ncc(Br)c1C(O)c1cc(Br)cs1. The van der Waals surface area contributed by atoms with Gasteiger partial charge in [-0.3, -0.25) is 4.68 Å². The van der Waals surface area contributed by atoms with Crippen molar-refractivity contribution in [2.75, 3.05) is 13.7 Å². The molecule has 1 atom stereocenters. The Morgan fingerprint density at radius 1 is 1.56 bits per heavy atom. The maximum Gasteiger partial charge on any atom is 0.131 e. The molecule has 98 valence electrons. The highest BCUT2D eigenvalue weighted by atomic mass is 79.9. The van der Waals surface area contributed by atoms with Gasteiger partial charge in [0.25, 0.3) is 0 Å². The summed E-state index contributed by atoms with van der Waals surface area (Å²) in [4.78, 5) is 0.877. The fourth-order valence-electron chi connectivity index (χ4n) is 1.61. The van der Waals surface area contributed by atoms with Crippen LogP contribution in [0.3, 0.4) is 0 Å². The van der Waals surface area contributed by atoms with Gasteiger partial charge in [-0.05, 0) is 37.9 Å². The third kappa shape index (κ3) is 3.03.